The number of hydrogen-bond acceptors (Lipinski definition) is 4. The number of aromatic nitrogens is 1. The maximum absolute atomic E-state index is 11.9. The van der Waals surface area contributed by atoms with Gasteiger partial charge in [0.25, 0.3) is 11.8 Å². The summed E-state index contributed by atoms with van der Waals surface area (Å²) >= 11 is 0. The Hall–Kier alpha value is -2.24. The molecule has 0 bridgehead atoms. The van der Waals surface area contributed by atoms with Gasteiger partial charge in [-0.05, 0) is 18.6 Å². The summed E-state index contributed by atoms with van der Waals surface area (Å²) in [6, 6.07) is 3.14. The molecule has 18 heavy (non-hydrogen) atoms. The Labute approximate surface area is 103 Å². The van der Waals surface area contributed by atoms with Gasteiger partial charge >= 0.3 is 5.97 Å². The minimum Gasteiger partial charge on any atom is -0.481 e. The van der Waals surface area contributed by atoms with Crippen LogP contribution in [0.1, 0.15) is 34.2 Å². The van der Waals surface area contributed by atoms with Crippen molar-refractivity contribution in [3.63, 3.8) is 0 Å². The molecule has 1 atom stereocenters. The lowest BCUT2D eigenvalue weighted by Crippen LogP contribution is -2.32. The average Bonchev–Trinajstić information content (AvgIpc) is 2.60. The van der Waals surface area contributed by atoms with Crippen LogP contribution in [0.4, 0.5) is 0 Å². The van der Waals surface area contributed by atoms with Crippen LogP contribution >= 0.6 is 0 Å². The van der Waals surface area contributed by atoms with Crippen LogP contribution in [0.15, 0.2) is 18.3 Å². The van der Waals surface area contributed by atoms with E-state index in [0.29, 0.717) is 0 Å². The molecule has 6 heteroatoms. The Morgan fingerprint density at radius 3 is 2.78 bits per heavy atom. The van der Waals surface area contributed by atoms with Crippen LogP contribution in [0.5, 0.6) is 0 Å². The van der Waals surface area contributed by atoms with Gasteiger partial charge in [-0.2, -0.15) is 0 Å². The average molecular weight is 248 g/mol. The van der Waals surface area contributed by atoms with Crippen LogP contribution in [0.25, 0.3) is 0 Å². The van der Waals surface area contributed by atoms with Gasteiger partial charge in [0.15, 0.2) is 0 Å². The van der Waals surface area contributed by atoms with Gasteiger partial charge in [-0.15, -0.1) is 0 Å². The molecule has 2 heterocycles. The molecule has 2 rings (SSSR count). The number of imide groups is 1. The number of carbonyl (C=O) groups excluding carboxylic acids is 2. The van der Waals surface area contributed by atoms with E-state index in [9.17, 15) is 14.4 Å². The summed E-state index contributed by atoms with van der Waals surface area (Å²) in [5, 5.41) is 8.76. The van der Waals surface area contributed by atoms with E-state index in [1.165, 1.54) is 6.20 Å². The fourth-order valence-corrected chi connectivity index (χ4v) is 1.76. The topological polar surface area (TPSA) is 87.6 Å². The highest BCUT2D eigenvalue weighted by molar-refractivity contribution is 6.20. The van der Waals surface area contributed by atoms with Crippen molar-refractivity contribution in [2.75, 3.05) is 6.54 Å². The molecule has 6 nitrogen and oxygen atoms in total. The molecule has 0 fully saturated rings. The number of aliphatic carboxylic acids is 1. The van der Waals surface area contributed by atoms with Crippen molar-refractivity contribution >= 4 is 17.8 Å². The summed E-state index contributed by atoms with van der Waals surface area (Å²) in [5.74, 6) is -2.39. The standard InChI is InChI=1S/C12H12N2O4/c1-7(12(17)18)4-6-14-10(15)8-3-2-5-13-9(8)11(14)16/h2-3,5,7H,4,6H2,1H3,(H,17,18). The second kappa shape index (κ2) is 4.56. The number of rotatable bonds is 4. The Kier molecular flexibility index (Phi) is 3.10. The van der Waals surface area contributed by atoms with Crippen molar-refractivity contribution in [2.24, 2.45) is 5.92 Å². The van der Waals surface area contributed by atoms with Crippen molar-refractivity contribution in [1.82, 2.24) is 9.88 Å². The largest absolute Gasteiger partial charge is 0.481 e. The summed E-state index contributed by atoms with van der Waals surface area (Å²) in [7, 11) is 0. The van der Waals surface area contributed by atoms with E-state index in [0.717, 1.165) is 4.90 Å². The number of nitrogens with zero attached hydrogens (tertiary/aromatic N) is 2. The van der Waals surface area contributed by atoms with Crippen molar-refractivity contribution in [1.29, 1.82) is 0 Å². The zero-order valence-corrected chi connectivity index (χ0v) is 9.79. The first-order chi connectivity index (χ1) is 8.52. The molecule has 0 aromatic carbocycles. The molecular formula is C12H12N2O4. The summed E-state index contributed by atoms with van der Waals surface area (Å²) in [5.41, 5.74) is 0.427. The number of carboxylic acids is 1. The Bertz CT molecular complexity index is 492. The SMILES string of the molecule is CC(CCN1C(=O)c2cccnc2C1=O)C(=O)O. The quantitative estimate of drug-likeness (QED) is 0.796. The molecule has 2 amide bonds. The summed E-state index contributed by atoms with van der Waals surface area (Å²) < 4.78 is 0. The normalized spacial score (nSPS) is 15.7. The molecule has 0 saturated heterocycles. The van der Waals surface area contributed by atoms with E-state index in [4.69, 9.17) is 5.11 Å². The maximum atomic E-state index is 11.9. The lowest BCUT2D eigenvalue weighted by Gasteiger charge is -2.14. The van der Waals surface area contributed by atoms with E-state index < -0.39 is 23.7 Å². The van der Waals surface area contributed by atoms with Crippen LogP contribution in [-0.2, 0) is 4.79 Å². The molecule has 1 aliphatic heterocycles. The highest BCUT2D eigenvalue weighted by atomic mass is 16.4. The van der Waals surface area contributed by atoms with E-state index in [2.05, 4.69) is 4.98 Å². The number of carbonyl (C=O) groups is 3. The minimum absolute atomic E-state index is 0.0987. The van der Waals surface area contributed by atoms with Gasteiger partial charge in [-0.1, -0.05) is 6.92 Å². The summed E-state index contributed by atoms with van der Waals surface area (Å²) in [6.45, 7) is 1.64. The van der Waals surface area contributed by atoms with E-state index in [-0.39, 0.29) is 24.2 Å². The zero-order chi connectivity index (χ0) is 13.3. The van der Waals surface area contributed by atoms with E-state index in [1.807, 2.05) is 0 Å². The van der Waals surface area contributed by atoms with E-state index in [1.54, 1.807) is 19.1 Å². The van der Waals surface area contributed by atoms with Gasteiger partial charge in [-0.3, -0.25) is 24.3 Å². The van der Waals surface area contributed by atoms with Gasteiger partial charge in [0.1, 0.15) is 5.69 Å². The predicted molar refractivity (Wildman–Crippen MR) is 61.0 cm³/mol. The first-order valence-corrected chi connectivity index (χ1v) is 5.56. The molecule has 0 radical (unpaired) electrons. The van der Waals surface area contributed by atoms with Crippen LogP contribution in [0.2, 0.25) is 0 Å². The first-order valence-electron chi connectivity index (χ1n) is 5.56. The van der Waals surface area contributed by atoms with Crippen molar-refractivity contribution < 1.29 is 19.5 Å². The van der Waals surface area contributed by atoms with Gasteiger partial charge in [0.2, 0.25) is 0 Å². The highest BCUT2D eigenvalue weighted by Crippen LogP contribution is 2.21. The van der Waals surface area contributed by atoms with Gasteiger partial charge in [0.05, 0.1) is 11.5 Å². The Morgan fingerprint density at radius 1 is 1.44 bits per heavy atom. The third-order valence-electron chi connectivity index (χ3n) is 2.94. The minimum atomic E-state index is -0.940. The molecule has 1 aliphatic rings. The molecule has 1 aromatic heterocycles. The second-order valence-corrected chi connectivity index (χ2v) is 4.19. The van der Waals surface area contributed by atoms with Gasteiger partial charge < -0.3 is 5.11 Å². The number of fused-ring (bicyclic) bond motifs is 1. The number of hydrogen-bond donors (Lipinski definition) is 1. The maximum Gasteiger partial charge on any atom is 0.306 e. The van der Waals surface area contributed by atoms with Crippen molar-refractivity contribution in [2.45, 2.75) is 13.3 Å². The van der Waals surface area contributed by atoms with Crippen LogP contribution in [0, 0.1) is 5.92 Å². The fourth-order valence-electron chi connectivity index (χ4n) is 1.76. The van der Waals surface area contributed by atoms with Crippen LogP contribution < -0.4 is 0 Å². The summed E-state index contributed by atoms with van der Waals surface area (Å²) in [6.07, 6.45) is 1.69. The van der Waals surface area contributed by atoms with E-state index >= 15 is 0 Å². The Morgan fingerprint density at radius 2 is 2.17 bits per heavy atom. The Balaban J connectivity index is 2.12. The molecule has 0 aliphatic carbocycles. The zero-order valence-electron chi connectivity index (χ0n) is 9.79. The lowest BCUT2D eigenvalue weighted by atomic mass is 10.1. The third kappa shape index (κ3) is 1.97. The molecule has 1 aromatic rings. The fraction of sp³-hybridized carbons (Fsp3) is 0.333. The number of carboxylic acid groups (broad SMARTS) is 1. The van der Waals surface area contributed by atoms with Crippen molar-refractivity contribution in [3.05, 3.63) is 29.6 Å². The lowest BCUT2D eigenvalue weighted by molar-refractivity contribution is -0.141. The monoisotopic (exact) mass is 248 g/mol. The first kappa shape index (κ1) is 12.2. The third-order valence-corrected chi connectivity index (χ3v) is 2.94. The highest BCUT2D eigenvalue weighted by Gasteiger charge is 2.36. The molecule has 1 unspecified atom stereocenters. The summed E-state index contributed by atoms with van der Waals surface area (Å²) in [4.78, 5) is 39.4. The number of pyridine rings is 1. The van der Waals surface area contributed by atoms with Gasteiger partial charge in [-0.25, -0.2) is 0 Å². The molecular weight excluding hydrogens is 236 g/mol. The molecule has 0 saturated carbocycles. The molecule has 94 valence electrons. The van der Waals surface area contributed by atoms with Crippen LogP contribution in [0.3, 0.4) is 0 Å². The second-order valence-electron chi connectivity index (χ2n) is 4.19. The molecule has 0 spiro atoms. The number of amides is 2. The predicted octanol–water partition coefficient (Wildman–Crippen LogP) is 0.788. The van der Waals surface area contributed by atoms with Crippen molar-refractivity contribution in [3.8, 4) is 0 Å². The molecule has 1 N–H and O–H groups in total. The smallest absolute Gasteiger partial charge is 0.306 e. The van der Waals surface area contributed by atoms with Gasteiger partial charge in [0, 0.05) is 12.7 Å². The van der Waals surface area contributed by atoms with Crippen LogP contribution in [-0.4, -0.2) is 39.3 Å².